The maximum Gasteiger partial charge on any atom is 0.251 e. The molecule has 0 spiro atoms. The van der Waals surface area contributed by atoms with E-state index >= 15 is 0 Å². The van der Waals surface area contributed by atoms with Gasteiger partial charge in [-0.15, -0.1) is 11.3 Å². The largest absolute Gasteiger partial charge is 0.367 e. The molecule has 2 heterocycles. The lowest BCUT2D eigenvalue weighted by Crippen LogP contribution is -2.61. The normalized spacial score (nSPS) is 20.4. The number of morpholine rings is 1. The number of ether oxygens (including phenoxy) is 1. The number of carbonyl (C=O) groups excluding carboxylic acids is 2. The van der Waals surface area contributed by atoms with E-state index in [1.807, 2.05) is 42.6 Å². The van der Waals surface area contributed by atoms with Crippen molar-refractivity contribution >= 4 is 23.2 Å². The minimum Gasteiger partial charge on any atom is -0.367 e. The van der Waals surface area contributed by atoms with E-state index < -0.39 is 11.5 Å². The van der Waals surface area contributed by atoms with Crippen LogP contribution in [0.4, 0.5) is 0 Å². The zero-order chi connectivity index (χ0) is 17.9. The van der Waals surface area contributed by atoms with E-state index in [1.54, 1.807) is 16.2 Å². The SMILES string of the molecule is CCC(=O)N1CCOC(Cc2ccc(-c3cccs3)cc2)(C(N)=O)C1. The fraction of sp³-hybridized carbons (Fsp3) is 0.368. The van der Waals surface area contributed by atoms with Gasteiger partial charge in [-0.05, 0) is 22.6 Å². The Hall–Kier alpha value is -2.18. The Morgan fingerprint density at radius 2 is 2.04 bits per heavy atom. The zero-order valence-corrected chi connectivity index (χ0v) is 15.1. The Morgan fingerprint density at radius 1 is 1.28 bits per heavy atom. The molecule has 6 heteroatoms. The van der Waals surface area contributed by atoms with Crippen molar-refractivity contribution in [3.63, 3.8) is 0 Å². The molecule has 2 amide bonds. The summed E-state index contributed by atoms with van der Waals surface area (Å²) in [6.07, 6.45) is 0.769. The third-order valence-electron chi connectivity index (χ3n) is 4.54. The van der Waals surface area contributed by atoms with Crippen LogP contribution in [0.5, 0.6) is 0 Å². The van der Waals surface area contributed by atoms with E-state index in [2.05, 4.69) is 6.07 Å². The van der Waals surface area contributed by atoms with Crippen LogP contribution < -0.4 is 5.73 Å². The average molecular weight is 358 g/mol. The second-order valence-corrected chi connectivity index (χ2v) is 7.17. The van der Waals surface area contributed by atoms with Crippen molar-refractivity contribution in [2.24, 2.45) is 5.73 Å². The molecule has 0 radical (unpaired) electrons. The summed E-state index contributed by atoms with van der Waals surface area (Å²) in [6.45, 7) is 2.84. The van der Waals surface area contributed by atoms with Gasteiger partial charge < -0.3 is 15.4 Å². The maximum atomic E-state index is 12.2. The van der Waals surface area contributed by atoms with Crippen molar-refractivity contribution in [2.45, 2.75) is 25.4 Å². The van der Waals surface area contributed by atoms with Crippen LogP contribution in [0.25, 0.3) is 10.4 Å². The number of carbonyl (C=O) groups is 2. The molecular weight excluding hydrogens is 336 g/mol. The van der Waals surface area contributed by atoms with Crippen LogP contribution in [-0.2, 0) is 20.7 Å². The van der Waals surface area contributed by atoms with Gasteiger partial charge in [0, 0.05) is 24.3 Å². The van der Waals surface area contributed by atoms with Crippen LogP contribution in [0.2, 0.25) is 0 Å². The molecule has 2 N–H and O–H groups in total. The summed E-state index contributed by atoms with van der Waals surface area (Å²) >= 11 is 1.68. The van der Waals surface area contributed by atoms with E-state index in [9.17, 15) is 9.59 Å². The number of hydrogen-bond acceptors (Lipinski definition) is 4. The number of hydrogen-bond donors (Lipinski definition) is 1. The Bertz CT molecular complexity index is 743. The highest BCUT2D eigenvalue weighted by molar-refractivity contribution is 7.13. The summed E-state index contributed by atoms with van der Waals surface area (Å²) in [6, 6.07) is 12.1. The molecule has 3 rings (SSSR count). The van der Waals surface area contributed by atoms with Crippen molar-refractivity contribution in [3.8, 4) is 10.4 Å². The van der Waals surface area contributed by atoms with Gasteiger partial charge in [-0.25, -0.2) is 0 Å². The number of rotatable bonds is 5. The van der Waals surface area contributed by atoms with E-state index in [1.165, 1.54) is 4.88 Å². The molecule has 0 aliphatic carbocycles. The fourth-order valence-corrected chi connectivity index (χ4v) is 3.86. The van der Waals surface area contributed by atoms with Crippen LogP contribution in [0.15, 0.2) is 41.8 Å². The van der Waals surface area contributed by atoms with Gasteiger partial charge in [-0.1, -0.05) is 37.3 Å². The summed E-state index contributed by atoms with van der Waals surface area (Å²) in [5.41, 5.74) is 6.60. The van der Waals surface area contributed by atoms with Crippen LogP contribution in [0.1, 0.15) is 18.9 Å². The van der Waals surface area contributed by atoms with Crippen LogP contribution >= 0.6 is 11.3 Å². The highest BCUT2D eigenvalue weighted by atomic mass is 32.1. The van der Waals surface area contributed by atoms with E-state index in [-0.39, 0.29) is 12.5 Å². The fourth-order valence-electron chi connectivity index (χ4n) is 3.12. The smallest absolute Gasteiger partial charge is 0.251 e. The van der Waals surface area contributed by atoms with E-state index in [4.69, 9.17) is 10.5 Å². The van der Waals surface area contributed by atoms with Gasteiger partial charge in [0.15, 0.2) is 5.60 Å². The first kappa shape index (κ1) is 17.6. The summed E-state index contributed by atoms with van der Waals surface area (Å²) < 4.78 is 5.79. The van der Waals surface area contributed by atoms with Gasteiger partial charge in [0.2, 0.25) is 5.91 Å². The summed E-state index contributed by atoms with van der Waals surface area (Å²) in [5.74, 6) is -0.509. The van der Waals surface area contributed by atoms with Crippen molar-refractivity contribution in [1.29, 1.82) is 0 Å². The minimum absolute atomic E-state index is 0.0157. The van der Waals surface area contributed by atoms with E-state index in [0.29, 0.717) is 26.0 Å². The molecule has 1 aromatic heterocycles. The molecule has 1 atom stereocenters. The predicted molar refractivity (Wildman–Crippen MR) is 98.2 cm³/mol. The lowest BCUT2D eigenvalue weighted by Gasteiger charge is -2.40. The maximum absolute atomic E-state index is 12.2. The minimum atomic E-state index is -1.16. The Morgan fingerprint density at radius 3 is 2.64 bits per heavy atom. The zero-order valence-electron chi connectivity index (χ0n) is 14.2. The molecule has 132 valence electrons. The number of nitrogens with zero attached hydrogens (tertiary/aromatic N) is 1. The Labute approximate surface area is 151 Å². The van der Waals surface area contributed by atoms with Gasteiger partial charge in [0.25, 0.3) is 5.91 Å². The Balaban J connectivity index is 1.80. The molecule has 1 aliphatic rings. The Kier molecular flexibility index (Phi) is 5.20. The number of nitrogens with two attached hydrogens (primary N) is 1. The highest BCUT2D eigenvalue weighted by Crippen LogP contribution is 2.27. The van der Waals surface area contributed by atoms with Gasteiger partial charge >= 0.3 is 0 Å². The third kappa shape index (κ3) is 3.75. The molecule has 1 fully saturated rings. The van der Waals surface area contributed by atoms with Crippen molar-refractivity contribution in [2.75, 3.05) is 19.7 Å². The number of primary amides is 1. The molecule has 2 aromatic rings. The van der Waals surface area contributed by atoms with Gasteiger partial charge in [-0.2, -0.15) is 0 Å². The second-order valence-electron chi connectivity index (χ2n) is 6.23. The van der Waals surface area contributed by atoms with Gasteiger partial charge in [0.05, 0.1) is 13.2 Å². The van der Waals surface area contributed by atoms with Crippen molar-refractivity contribution in [1.82, 2.24) is 4.90 Å². The summed E-state index contributed by atoms with van der Waals surface area (Å²) in [5, 5.41) is 2.04. The van der Waals surface area contributed by atoms with E-state index in [0.717, 1.165) is 11.1 Å². The molecule has 0 saturated carbocycles. The quantitative estimate of drug-likeness (QED) is 0.892. The first-order valence-electron chi connectivity index (χ1n) is 8.38. The third-order valence-corrected chi connectivity index (χ3v) is 5.46. The van der Waals surface area contributed by atoms with Crippen LogP contribution in [0, 0.1) is 0 Å². The van der Waals surface area contributed by atoms with Gasteiger partial charge in [0.1, 0.15) is 0 Å². The first-order valence-corrected chi connectivity index (χ1v) is 9.26. The lowest BCUT2D eigenvalue weighted by atomic mass is 9.91. The second kappa shape index (κ2) is 7.37. The van der Waals surface area contributed by atoms with Gasteiger partial charge in [-0.3, -0.25) is 9.59 Å². The first-order chi connectivity index (χ1) is 12.0. The predicted octanol–water partition coefficient (Wildman–Crippen LogP) is 2.45. The molecule has 1 aromatic carbocycles. The highest BCUT2D eigenvalue weighted by Gasteiger charge is 2.43. The topological polar surface area (TPSA) is 72.6 Å². The molecular formula is C19H22N2O3S. The standard InChI is InChI=1S/C19H22N2O3S/c1-2-17(22)21-9-10-24-19(13-21,18(20)23)12-14-5-7-15(8-6-14)16-4-3-11-25-16/h3-8,11H,2,9-10,12-13H2,1H3,(H2,20,23). The number of benzene rings is 1. The average Bonchev–Trinajstić information content (AvgIpc) is 3.16. The molecule has 1 aliphatic heterocycles. The van der Waals surface area contributed by atoms with Crippen molar-refractivity contribution in [3.05, 3.63) is 47.3 Å². The number of amides is 2. The summed E-state index contributed by atoms with van der Waals surface area (Å²) in [4.78, 5) is 27.1. The van der Waals surface area contributed by atoms with Crippen LogP contribution in [-0.4, -0.2) is 42.0 Å². The molecule has 0 bridgehead atoms. The molecule has 1 saturated heterocycles. The lowest BCUT2D eigenvalue weighted by molar-refractivity contribution is -0.163. The summed E-state index contributed by atoms with van der Waals surface area (Å²) in [7, 11) is 0. The molecule has 5 nitrogen and oxygen atoms in total. The molecule has 25 heavy (non-hydrogen) atoms. The van der Waals surface area contributed by atoms with Crippen LogP contribution in [0.3, 0.4) is 0 Å². The monoisotopic (exact) mass is 358 g/mol. The number of thiophene rings is 1. The molecule has 1 unspecified atom stereocenters. The van der Waals surface area contributed by atoms with Crippen molar-refractivity contribution < 1.29 is 14.3 Å².